The second kappa shape index (κ2) is 7.51. The average molecular weight is 324 g/mol. The predicted octanol–water partition coefficient (Wildman–Crippen LogP) is 0.963. The highest BCUT2D eigenvalue weighted by molar-refractivity contribution is 5.85. The highest BCUT2D eigenvalue weighted by Crippen LogP contribution is 2.45. The first kappa shape index (κ1) is 18.0. The van der Waals surface area contributed by atoms with Crippen LogP contribution in [-0.4, -0.2) is 62.2 Å². The summed E-state index contributed by atoms with van der Waals surface area (Å²) in [7, 11) is 3.67. The Hall–Kier alpha value is -1.30. The third-order valence-electron chi connectivity index (χ3n) is 5.22. The van der Waals surface area contributed by atoms with E-state index >= 15 is 0 Å². The quantitative estimate of drug-likeness (QED) is 0.482. The van der Waals surface area contributed by atoms with Crippen LogP contribution in [0.3, 0.4) is 0 Å². The van der Waals surface area contributed by atoms with Crippen LogP contribution in [0.15, 0.2) is 4.99 Å². The normalized spacial score (nSPS) is 21.8. The van der Waals surface area contributed by atoms with E-state index in [2.05, 4.69) is 15.6 Å². The fraction of sp³-hybridized carbons (Fsp3) is 0.882. The van der Waals surface area contributed by atoms with Crippen molar-refractivity contribution in [3.8, 4) is 0 Å². The Labute approximate surface area is 139 Å². The molecule has 23 heavy (non-hydrogen) atoms. The highest BCUT2D eigenvalue weighted by Gasteiger charge is 2.43. The number of aliphatic hydroxyl groups is 1. The zero-order chi connectivity index (χ0) is 16.9. The fourth-order valence-corrected chi connectivity index (χ4v) is 3.38. The van der Waals surface area contributed by atoms with Gasteiger partial charge in [-0.15, -0.1) is 0 Å². The zero-order valence-corrected chi connectivity index (χ0v) is 14.8. The van der Waals surface area contributed by atoms with Gasteiger partial charge in [-0.2, -0.15) is 0 Å². The number of rotatable bonds is 7. The van der Waals surface area contributed by atoms with Crippen molar-refractivity contribution >= 4 is 11.9 Å². The molecule has 0 saturated heterocycles. The molecule has 0 aromatic carbocycles. The molecule has 3 N–H and O–H groups in total. The molecule has 6 nitrogen and oxygen atoms in total. The zero-order valence-electron chi connectivity index (χ0n) is 14.8. The lowest BCUT2D eigenvalue weighted by molar-refractivity contribution is -0.138. The van der Waals surface area contributed by atoms with Crippen molar-refractivity contribution in [1.82, 2.24) is 15.5 Å². The monoisotopic (exact) mass is 324 g/mol. The molecular weight excluding hydrogens is 292 g/mol. The van der Waals surface area contributed by atoms with Gasteiger partial charge in [0.05, 0.1) is 18.6 Å². The summed E-state index contributed by atoms with van der Waals surface area (Å²) in [6, 6.07) is 0. The lowest BCUT2D eigenvalue weighted by Gasteiger charge is -2.31. The number of nitrogens with zero attached hydrogens (tertiary/aromatic N) is 2. The van der Waals surface area contributed by atoms with Crippen molar-refractivity contribution in [3.63, 3.8) is 0 Å². The summed E-state index contributed by atoms with van der Waals surface area (Å²) >= 11 is 0. The molecule has 0 unspecified atom stereocenters. The summed E-state index contributed by atoms with van der Waals surface area (Å²) in [6.07, 6.45) is 6.21. The first-order valence-electron chi connectivity index (χ1n) is 8.82. The van der Waals surface area contributed by atoms with E-state index in [1.807, 2.05) is 21.0 Å². The van der Waals surface area contributed by atoms with Crippen molar-refractivity contribution in [2.75, 3.05) is 40.3 Å². The molecule has 1 amide bonds. The second-order valence-electron chi connectivity index (χ2n) is 7.39. The molecule has 0 bridgehead atoms. The number of guanidine groups is 1. The Morgan fingerprint density at radius 3 is 2.30 bits per heavy atom. The molecule has 2 fully saturated rings. The number of hydrogen-bond acceptors (Lipinski definition) is 3. The van der Waals surface area contributed by atoms with E-state index in [1.165, 1.54) is 0 Å². The Morgan fingerprint density at radius 1 is 1.17 bits per heavy atom. The maximum absolute atomic E-state index is 12.6. The van der Waals surface area contributed by atoms with Gasteiger partial charge >= 0.3 is 0 Å². The summed E-state index contributed by atoms with van der Waals surface area (Å²) in [6.45, 7) is 4.30. The third-order valence-corrected chi connectivity index (χ3v) is 5.22. The van der Waals surface area contributed by atoms with E-state index in [0.717, 1.165) is 51.0 Å². The van der Waals surface area contributed by atoms with E-state index < -0.39 is 0 Å². The summed E-state index contributed by atoms with van der Waals surface area (Å²) < 4.78 is 0. The summed E-state index contributed by atoms with van der Waals surface area (Å²) in [5.74, 6) is 0.970. The molecule has 0 aromatic rings. The summed E-state index contributed by atoms with van der Waals surface area (Å²) in [4.78, 5) is 18.9. The molecule has 6 heteroatoms. The Balaban J connectivity index is 1.98. The van der Waals surface area contributed by atoms with Gasteiger partial charge in [-0.3, -0.25) is 9.79 Å². The molecule has 0 aromatic heterocycles. The van der Waals surface area contributed by atoms with Crippen LogP contribution < -0.4 is 10.6 Å². The number of hydrogen-bond donors (Lipinski definition) is 3. The van der Waals surface area contributed by atoms with Gasteiger partial charge < -0.3 is 20.6 Å². The number of aliphatic imine (C=N–C) groups is 1. The minimum atomic E-state index is -0.298. The minimum Gasteiger partial charge on any atom is -0.396 e. The van der Waals surface area contributed by atoms with Crippen molar-refractivity contribution in [2.24, 2.45) is 15.8 Å². The van der Waals surface area contributed by atoms with E-state index in [-0.39, 0.29) is 23.3 Å². The van der Waals surface area contributed by atoms with Crippen LogP contribution >= 0.6 is 0 Å². The largest absolute Gasteiger partial charge is 0.396 e. The molecule has 2 saturated carbocycles. The Kier molecular flexibility index (Phi) is 5.89. The topological polar surface area (TPSA) is 77.0 Å². The van der Waals surface area contributed by atoms with Crippen molar-refractivity contribution in [1.29, 1.82) is 0 Å². The Morgan fingerprint density at radius 2 is 1.83 bits per heavy atom. The molecule has 0 aliphatic heterocycles. The van der Waals surface area contributed by atoms with Crippen molar-refractivity contribution in [3.05, 3.63) is 0 Å². The molecule has 132 valence electrons. The fourth-order valence-electron chi connectivity index (χ4n) is 3.38. The van der Waals surface area contributed by atoms with Crippen LogP contribution in [0.1, 0.15) is 45.4 Å². The number of aliphatic hydroxyl groups excluding tert-OH is 1. The SMILES string of the molecule is CCNC(=NCC1(CO)CC1)NCC1(C(=O)N(C)C)CCCC1. The smallest absolute Gasteiger partial charge is 0.230 e. The van der Waals surface area contributed by atoms with E-state index in [4.69, 9.17) is 0 Å². The average Bonchev–Trinajstić information content (AvgIpc) is 3.17. The third kappa shape index (κ3) is 4.37. The number of amides is 1. The van der Waals surface area contributed by atoms with Crippen LogP contribution in [0.4, 0.5) is 0 Å². The summed E-state index contributed by atoms with van der Waals surface area (Å²) in [5, 5.41) is 16.0. The van der Waals surface area contributed by atoms with Crippen molar-refractivity contribution < 1.29 is 9.90 Å². The van der Waals surface area contributed by atoms with Gasteiger partial charge in [0.15, 0.2) is 5.96 Å². The maximum atomic E-state index is 12.6. The first-order valence-corrected chi connectivity index (χ1v) is 8.82. The van der Waals surface area contributed by atoms with Gasteiger partial charge in [-0.05, 0) is 32.6 Å². The van der Waals surface area contributed by atoms with Crippen molar-refractivity contribution in [2.45, 2.75) is 45.4 Å². The van der Waals surface area contributed by atoms with Gasteiger partial charge in [0.25, 0.3) is 0 Å². The molecule has 0 atom stereocenters. The minimum absolute atomic E-state index is 0.00680. The highest BCUT2D eigenvalue weighted by atomic mass is 16.3. The number of carbonyl (C=O) groups excluding carboxylic acids is 1. The van der Waals surface area contributed by atoms with Gasteiger partial charge in [0.1, 0.15) is 0 Å². The second-order valence-corrected chi connectivity index (χ2v) is 7.39. The van der Waals surface area contributed by atoms with Gasteiger partial charge in [0.2, 0.25) is 5.91 Å². The van der Waals surface area contributed by atoms with E-state index in [9.17, 15) is 9.90 Å². The predicted molar refractivity (Wildman–Crippen MR) is 92.3 cm³/mol. The van der Waals surface area contributed by atoms with Crippen LogP contribution in [0.25, 0.3) is 0 Å². The molecule has 2 aliphatic carbocycles. The lowest BCUT2D eigenvalue weighted by atomic mass is 9.84. The van der Waals surface area contributed by atoms with Crippen LogP contribution in [-0.2, 0) is 4.79 Å². The molecule has 0 heterocycles. The van der Waals surface area contributed by atoms with E-state index in [0.29, 0.717) is 13.1 Å². The van der Waals surface area contributed by atoms with Gasteiger partial charge in [0, 0.05) is 32.6 Å². The lowest BCUT2D eigenvalue weighted by Crippen LogP contribution is -2.49. The van der Waals surface area contributed by atoms with Crippen LogP contribution in [0.5, 0.6) is 0 Å². The summed E-state index contributed by atoms with van der Waals surface area (Å²) in [5.41, 5.74) is -0.291. The molecule has 0 spiro atoms. The maximum Gasteiger partial charge on any atom is 0.230 e. The standard InChI is InChI=1S/C17H32N4O2/c1-4-18-15(19-11-16(13-22)9-10-16)20-12-17(7-5-6-8-17)14(23)21(2)3/h22H,4-13H2,1-3H3,(H2,18,19,20). The molecule has 2 aliphatic rings. The van der Waals surface area contributed by atoms with Gasteiger partial charge in [-0.25, -0.2) is 0 Å². The number of nitrogens with one attached hydrogen (secondary N) is 2. The molecule has 2 rings (SSSR count). The molecular formula is C17H32N4O2. The van der Waals surface area contributed by atoms with E-state index in [1.54, 1.807) is 4.90 Å². The van der Waals surface area contributed by atoms with Crippen LogP contribution in [0, 0.1) is 10.8 Å². The van der Waals surface area contributed by atoms with Crippen LogP contribution in [0.2, 0.25) is 0 Å². The van der Waals surface area contributed by atoms with Gasteiger partial charge in [-0.1, -0.05) is 12.8 Å². The first-order chi connectivity index (χ1) is 11.0. The number of carbonyl (C=O) groups is 1. The molecule has 0 radical (unpaired) electrons. The Bertz CT molecular complexity index is 438.